The van der Waals surface area contributed by atoms with Crippen molar-refractivity contribution in [2.24, 2.45) is 7.05 Å². The van der Waals surface area contributed by atoms with Crippen molar-refractivity contribution in [2.75, 3.05) is 5.73 Å². The van der Waals surface area contributed by atoms with Crippen LogP contribution in [-0.4, -0.2) is 20.6 Å². The molecule has 4 aromatic rings. The number of hydrogen-bond donors (Lipinski definition) is 3. The molecule has 1 aromatic heterocycles. The largest absolute Gasteiger partial charge is 0.508 e. The normalized spacial score (nSPS) is 14.3. The van der Waals surface area contributed by atoms with Gasteiger partial charge in [-0.05, 0) is 35.4 Å². The van der Waals surface area contributed by atoms with E-state index in [0.717, 1.165) is 33.7 Å². The van der Waals surface area contributed by atoms with Gasteiger partial charge in [0, 0.05) is 47.5 Å². The number of nitrogen functional groups attached to an aromatic ring is 1. The first-order chi connectivity index (χ1) is 14.4. The van der Waals surface area contributed by atoms with Crippen molar-refractivity contribution in [1.29, 1.82) is 0 Å². The minimum atomic E-state index is -0.426. The Balaban J connectivity index is 1.68. The summed E-state index contributed by atoms with van der Waals surface area (Å²) in [7, 11) is 1.94. The topological polar surface area (TPSA) is 97.7 Å². The summed E-state index contributed by atoms with van der Waals surface area (Å²) >= 11 is 0. The summed E-state index contributed by atoms with van der Waals surface area (Å²) in [6.45, 7) is 0. The molecule has 0 bridgehead atoms. The molecule has 4 N–H and O–H groups in total. The molecule has 3 aromatic carbocycles. The molecule has 0 amide bonds. The number of hydrogen-bond acceptors (Lipinski definition) is 5. The highest BCUT2D eigenvalue weighted by Crippen LogP contribution is 2.41. The second-order valence-corrected chi connectivity index (χ2v) is 7.29. The smallest absolute Gasteiger partial charge is 0.235 e. The number of phenols is 2. The molecule has 0 unspecified atom stereocenters. The molecular formula is C24H18N2O4. The van der Waals surface area contributed by atoms with Crippen LogP contribution >= 0.6 is 0 Å². The van der Waals surface area contributed by atoms with E-state index >= 15 is 0 Å². The Bertz CT molecular complexity index is 1360. The summed E-state index contributed by atoms with van der Waals surface area (Å²) in [5, 5.41) is 20.7. The number of carbonyl (C=O) groups is 1. The molecule has 0 spiro atoms. The number of allylic oxidation sites excluding steroid dienone is 1. The second kappa shape index (κ2) is 6.42. The van der Waals surface area contributed by atoms with Crippen LogP contribution in [0.5, 0.6) is 17.2 Å². The van der Waals surface area contributed by atoms with Crippen LogP contribution in [0.25, 0.3) is 28.1 Å². The van der Waals surface area contributed by atoms with E-state index in [9.17, 15) is 15.0 Å². The summed E-state index contributed by atoms with van der Waals surface area (Å²) < 4.78 is 7.65. The number of rotatable bonds is 2. The average molecular weight is 398 g/mol. The Morgan fingerprint density at radius 3 is 2.60 bits per heavy atom. The summed E-state index contributed by atoms with van der Waals surface area (Å²) in [6, 6.07) is 16.1. The predicted octanol–water partition coefficient (Wildman–Crippen LogP) is 4.45. The van der Waals surface area contributed by atoms with E-state index in [0.29, 0.717) is 5.69 Å². The molecule has 0 atom stereocenters. The van der Waals surface area contributed by atoms with Gasteiger partial charge in [-0.3, -0.25) is 4.79 Å². The van der Waals surface area contributed by atoms with Crippen molar-refractivity contribution in [1.82, 2.24) is 4.57 Å². The van der Waals surface area contributed by atoms with Crippen LogP contribution in [0, 0.1) is 0 Å². The SMILES string of the molecule is Cn1cc(C=C2Oc3cc(O)cc(O)c3C2=O)c2c(-c3ccc(N)cc3)cccc21. The van der Waals surface area contributed by atoms with Crippen LogP contribution in [0.15, 0.2) is 66.6 Å². The quantitative estimate of drug-likeness (QED) is 0.342. The molecule has 1 aliphatic heterocycles. The van der Waals surface area contributed by atoms with Crippen molar-refractivity contribution in [3.05, 3.63) is 77.7 Å². The molecule has 0 fully saturated rings. The second-order valence-electron chi connectivity index (χ2n) is 7.29. The molecule has 1 aliphatic rings. The van der Waals surface area contributed by atoms with Gasteiger partial charge in [0.05, 0.1) is 0 Å². The van der Waals surface area contributed by atoms with Crippen LogP contribution in [0.4, 0.5) is 5.69 Å². The van der Waals surface area contributed by atoms with Gasteiger partial charge >= 0.3 is 0 Å². The zero-order valence-electron chi connectivity index (χ0n) is 16.1. The number of Topliss-reactive ketones (excluding diaryl/α,β-unsaturated/α-hetero) is 1. The third-order valence-corrected chi connectivity index (χ3v) is 5.29. The van der Waals surface area contributed by atoms with Crippen molar-refractivity contribution in [3.63, 3.8) is 0 Å². The van der Waals surface area contributed by atoms with E-state index in [2.05, 4.69) is 0 Å². The Labute approximate surface area is 172 Å². The van der Waals surface area contributed by atoms with E-state index in [4.69, 9.17) is 10.5 Å². The number of aromatic hydroxyl groups is 2. The number of carbonyl (C=O) groups excluding carboxylic acids is 1. The Morgan fingerprint density at radius 2 is 1.83 bits per heavy atom. The van der Waals surface area contributed by atoms with Gasteiger partial charge in [-0.1, -0.05) is 24.3 Å². The van der Waals surface area contributed by atoms with E-state index in [1.54, 1.807) is 6.08 Å². The first-order valence-corrected chi connectivity index (χ1v) is 9.36. The highest BCUT2D eigenvalue weighted by Gasteiger charge is 2.31. The lowest BCUT2D eigenvalue weighted by atomic mass is 9.98. The number of nitrogens with zero attached hydrogens (tertiary/aromatic N) is 1. The predicted molar refractivity (Wildman–Crippen MR) is 115 cm³/mol. The number of phenolic OH excluding ortho intramolecular Hbond substituents is 2. The van der Waals surface area contributed by atoms with Gasteiger partial charge in [0.1, 0.15) is 22.8 Å². The van der Waals surface area contributed by atoms with Crippen molar-refractivity contribution in [3.8, 4) is 28.4 Å². The molecule has 0 saturated carbocycles. The zero-order chi connectivity index (χ0) is 21.0. The van der Waals surface area contributed by atoms with E-state index in [1.807, 2.05) is 60.3 Å². The molecule has 6 nitrogen and oxygen atoms in total. The van der Waals surface area contributed by atoms with Gasteiger partial charge in [0.25, 0.3) is 0 Å². The van der Waals surface area contributed by atoms with Crippen LogP contribution in [0.3, 0.4) is 0 Å². The van der Waals surface area contributed by atoms with Crippen LogP contribution in [0.2, 0.25) is 0 Å². The highest BCUT2D eigenvalue weighted by molar-refractivity contribution is 6.17. The average Bonchev–Trinajstić information content (AvgIpc) is 3.19. The number of fused-ring (bicyclic) bond motifs is 2. The van der Waals surface area contributed by atoms with Crippen LogP contribution in [0.1, 0.15) is 15.9 Å². The van der Waals surface area contributed by atoms with E-state index in [1.165, 1.54) is 6.07 Å². The maximum absolute atomic E-state index is 12.8. The molecule has 148 valence electrons. The zero-order valence-corrected chi connectivity index (χ0v) is 16.1. The lowest BCUT2D eigenvalue weighted by molar-refractivity contribution is 0.101. The Morgan fingerprint density at radius 1 is 1.07 bits per heavy atom. The highest BCUT2D eigenvalue weighted by atomic mass is 16.5. The molecule has 5 rings (SSSR count). The molecule has 0 saturated heterocycles. The third-order valence-electron chi connectivity index (χ3n) is 5.29. The Hall–Kier alpha value is -4.19. The summed E-state index contributed by atoms with van der Waals surface area (Å²) in [5.41, 5.74) is 10.4. The minimum Gasteiger partial charge on any atom is -0.508 e. The Kier molecular flexibility index (Phi) is 3.83. The van der Waals surface area contributed by atoms with Crippen LogP contribution < -0.4 is 10.5 Å². The number of ether oxygens (including phenoxy) is 1. The monoisotopic (exact) mass is 398 g/mol. The molecule has 30 heavy (non-hydrogen) atoms. The lowest BCUT2D eigenvalue weighted by Gasteiger charge is -2.07. The van der Waals surface area contributed by atoms with Crippen molar-refractivity contribution < 1.29 is 19.7 Å². The first kappa shape index (κ1) is 17.9. The number of aryl methyl sites for hydroxylation is 1. The number of benzene rings is 3. The molecular weight excluding hydrogens is 380 g/mol. The minimum absolute atomic E-state index is 0.0537. The fourth-order valence-electron chi connectivity index (χ4n) is 3.91. The number of anilines is 1. The maximum atomic E-state index is 12.8. The standard InChI is InChI=1S/C24H18N2O4/c1-26-12-14(9-21-24(29)23-19(28)10-16(27)11-20(23)30-21)22-17(3-2-4-18(22)26)13-5-7-15(25)8-6-13/h2-12,27-28H,25H2,1H3. The summed E-state index contributed by atoms with van der Waals surface area (Å²) in [6.07, 6.45) is 3.59. The number of ketones is 1. The van der Waals surface area contributed by atoms with E-state index in [-0.39, 0.29) is 28.6 Å². The van der Waals surface area contributed by atoms with Gasteiger partial charge in [0.15, 0.2) is 5.76 Å². The number of aromatic nitrogens is 1. The van der Waals surface area contributed by atoms with E-state index < -0.39 is 5.78 Å². The van der Waals surface area contributed by atoms with Crippen molar-refractivity contribution in [2.45, 2.75) is 0 Å². The van der Waals surface area contributed by atoms with Gasteiger partial charge in [-0.25, -0.2) is 0 Å². The maximum Gasteiger partial charge on any atom is 0.235 e. The summed E-state index contributed by atoms with van der Waals surface area (Å²) in [5.74, 6) is -0.673. The van der Waals surface area contributed by atoms with Crippen molar-refractivity contribution >= 4 is 28.4 Å². The number of nitrogens with two attached hydrogens (primary N) is 1. The first-order valence-electron chi connectivity index (χ1n) is 9.36. The van der Waals surface area contributed by atoms with Gasteiger partial charge in [-0.2, -0.15) is 0 Å². The molecule has 0 aliphatic carbocycles. The van der Waals surface area contributed by atoms with Gasteiger partial charge in [-0.15, -0.1) is 0 Å². The molecule has 0 radical (unpaired) electrons. The fourth-order valence-corrected chi connectivity index (χ4v) is 3.91. The molecule has 6 heteroatoms. The lowest BCUT2D eigenvalue weighted by Crippen LogP contribution is -1.98. The fraction of sp³-hybridized carbons (Fsp3) is 0.0417. The van der Waals surface area contributed by atoms with Gasteiger partial charge < -0.3 is 25.3 Å². The van der Waals surface area contributed by atoms with Gasteiger partial charge in [0.2, 0.25) is 5.78 Å². The van der Waals surface area contributed by atoms with Crippen LogP contribution in [-0.2, 0) is 7.05 Å². The molecule has 2 heterocycles. The third kappa shape index (κ3) is 2.69. The summed E-state index contributed by atoms with van der Waals surface area (Å²) in [4.78, 5) is 12.8.